The van der Waals surface area contributed by atoms with Crippen LogP contribution in [-0.2, 0) is 6.42 Å². The van der Waals surface area contributed by atoms with E-state index in [0.29, 0.717) is 18.3 Å². The largest absolute Gasteiger partial charge is 0.494 e. The molecule has 2 nitrogen and oxygen atoms in total. The molecule has 0 saturated heterocycles. The summed E-state index contributed by atoms with van der Waals surface area (Å²) in [5, 5.41) is 10.2. The lowest BCUT2D eigenvalue weighted by Gasteiger charge is -2.22. The SMILES string of the molecule is COc1ccc(CC(O)C2CCCC2C)cc1F. The van der Waals surface area contributed by atoms with Crippen molar-refractivity contribution in [2.24, 2.45) is 11.8 Å². The van der Waals surface area contributed by atoms with E-state index in [9.17, 15) is 9.50 Å². The van der Waals surface area contributed by atoms with E-state index in [0.717, 1.165) is 12.0 Å². The fourth-order valence-corrected chi connectivity index (χ4v) is 2.98. The summed E-state index contributed by atoms with van der Waals surface area (Å²) in [7, 11) is 1.45. The van der Waals surface area contributed by atoms with Crippen LogP contribution in [0.2, 0.25) is 0 Å². The van der Waals surface area contributed by atoms with Crippen molar-refractivity contribution in [2.45, 2.75) is 38.7 Å². The number of hydrogen-bond donors (Lipinski definition) is 1. The van der Waals surface area contributed by atoms with Gasteiger partial charge in [-0.2, -0.15) is 0 Å². The molecule has 0 heterocycles. The van der Waals surface area contributed by atoms with Crippen molar-refractivity contribution < 1.29 is 14.2 Å². The molecule has 1 aromatic rings. The number of hydrogen-bond acceptors (Lipinski definition) is 2. The van der Waals surface area contributed by atoms with E-state index in [1.807, 2.05) is 6.07 Å². The Morgan fingerprint density at radius 1 is 1.44 bits per heavy atom. The number of halogens is 1. The minimum Gasteiger partial charge on any atom is -0.494 e. The average Bonchev–Trinajstić information content (AvgIpc) is 2.76. The molecule has 0 aromatic heterocycles. The maximum Gasteiger partial charge on any atom is 0.165 e. The van der Waals surface area contributed by atoms with Crippen molar-refractivity contribution in [1.82, 2.24) is 0 Å². The van der Waals surface area contributed by atoms with Gasteiger partial charge in [-0.25, -0.2) is 4.39 Å². The molecular weight excluding hydrogens is 231 g/mol. The van der Waals surface area contributed by atoms with E-state index in [-0.39, 0.29) is 17.7 Å². The second-order valence-electron chi connectivity index (χ2n) is 5.31. The molecule has 1 aliphatic rings. The van der Waals surface area contributed by atoms with Gasteiger partial charge in [0.15, 0.2) is 11.6 Å². The summed E-state index contributed by atoms with van der Waals surface area (Å²) in [6.07, 6.45) is 3.63. The Balaban J connectivity index is 2.02. The summed E-state index contributed by atoms with van der Waals surface area (Å²) in [4.78, 5) is 0. The molecule has 0 radical (unpaired) electrons. The Kier molecular flexibility index (Phi) is 4.23. The van der Waals surface area contributed by atoms with Crippen molar-refractivity contribution in [3.8, 4) is 5.75 Å². The standard InChI is InChI=1S/C15H21FO2/c1-10-4-3-5-12(10)14(17)9-11-6-7-15(18-2)13(16)8-11/h6-8,10,12,14,17H,3-5,9H2,1-2H3. The van der Waals surface area contributed by atoms with E-state index < -0.39 is 0 Å². The van der Waals surface area contributed by atoms with Crippen LogP contribution in [0.15, 0.2) is 18.2 Å². The maximum absolute atomic E-state index is 13.5. The van der Waals surface area contributed by atoms with Crippen molar-refractivity contribution in [3.63, 3.8) is 0 Å². The lowest BCUT2D eigenvalue weighted by molar-refractivity contribution is 0.0901. The van der Waals surface area contributed by atoms with Crippen LogP contribution < -0.4 is 4.74 Å². The van der Waals surface area contributed by atoms with Gasteiger partial charge in [0.05, 0.1) is 13.2 Å². The molecule has 0 amide bonds. The van der Waals surface area contributed by atoms with Crippen LogP contribution in [0.3, 0.4) is 0 Å². The third-order valence-corrected chi connectivity index (χ3v) is 4.08. The van der Waals surface area contributed by atoms with Gasteiger partial charge in [0, 0.05) is 0 Å². The number of rotatable bonds is 4. The Labute approximate surface area is 108 Å². The fourth-order valence-electron chi connectivity index (χ4n) is 2.98. The number of benzene rings is 1. The predicted molar refractivity (Wildman–Crippen MR) is 69.2 cm³/mol. The van der Waals surface area contributed by atoms with Crippen molar-refractivity contribution in [2.75, 3.05) is 7.11 Å². The molecule has 0 spiro atoms. The first kappa shape index (κ1) is 13.3. The highest BCUT2D eigenvalue weighted by molar-refractivity contribution is 5.29. The van der Waals surface area contributed by atoms with Gasteiger partial charge in [-0.3, -0.25) is 0 Å². The minimum absolute atomic E-state index is 0.252. The molecule has 1 aromatic carbocycles. The normalized spacial score (nSPS) is 25.1. The van der Waals surface area contributed by atoms with Crippen LogP contribution in [0.25, 0.3) is 0 Å². The molecule has 3 atom stereocenters. The van der Waals surface area contributed by atoms with Crippen molar-refractivity contribution in [3.05, 3.63) is 29.6 Å². The Morgan fingerprint density at radius 2 is 2.22 bits per heavy atom. The monoisotopic (exact) mass is 252 g/mol. The summed E-state index contributed by atoms with van der Waals surface area (Å²) in [6.45, 7) is 2.19. The molecule has 18 heavy (non-hydrogen) atoms. The Bertz CT molecular complexity index is 405. The van der Waals surface area contributed by atoms with Crippen LogP contribution >= 0.6 is 0 Å². The highest BCUT2D eigenvalue weighted by Gasteiger charge is 2.29. The Hall–Kier alpha value is -1.09. The quantitative estimate of drug-likeness (QED) is 0.891. The maximum atomic E-state index is 13.5. The predicted octanol–water partition coefficient (Wildman–Crippen LogP) is 3.17. The average molecular weight is 252 g/mol. The zero-order chi connectivity index (χ0) is 13.1. The van der Waals surface area contributed by atoms with Gasteiger partial charge in [-0.15, -0.1) is 0 Å². The van der Waals surface area contributed by atoms with Gasteiger partial charge < -0.3 is 9.84 Å². The van der Waals surface area contributed by atoms with E-state index >= 15 is 0 Å². The molecule has 1 N–H and O–H groups in total. The lowest BCUT2D eigenvalue weighted by atomic mass is 9.88. The molecule has 3 unspecified atom stereocenters. The lowest BCUT2D eigenvalue weighted by Crippen LogP contribution is -2.24. The van der Waals surface area contributed by atoms with Gasteiger partial charge in [0.2, 0.25) is 0 Å². The Morgan fingerprint density at radius 3 is 2.78 bits per heavy atom. The molecular formula is C15H21FO2. The van der Waals surface area contributed by atoms with Crippen LogP contribution in [0.4, 0.5) is 4.39 Å². The summed E-state index contributed by atoms with van der Waals surface area (Å²) >= 11 is 0. The third kappa shape index (κ3) is 2.83. The first-order chi connectivity index (χ1) is 8.61. The van der Waals surface area contributed by atoms with Crippen LogP contribution in [0.5, 0.6) is 5.75 Å². The minimum atomic E-state index is -0.365. The first-order valence-electron chi connectivity index (χ1n) is 6.62. The summed E-state index contributed by atoms with van der Waals surface area (Å²) < 4.78 is 18.4. The zero-order valence-corrected chi connectivity index (χ0v) is 11.0. The molecule has 0 aliphatic heterocycles. The highest BCUT2D eigenvalue weighted by Crippen LogP contribution is 2.34. The summed E-state index contributed by atoms with van der Waals surface area (Å²) in [6, 6.07) is 4.90. The molecule has 1 saturated carbocycles. The van der Waals surface area contributed by atoms with E-state index in [2.05, 4.69) is 6.92 Å². The van der Waals surface area contributed by atoms with E-state index in [1.54, 1.807) is 6.07 Å². The fraction of sp³-hybridized carbons (Fsp3) is 0.600. The van der Waals surface area contributed by atoms with E-state index in [4.69, 9.17) is 4.74 Å². The molecule has 1 fully saturated rings. The number of ether oxygens (including phenoxy) is 1. The number of aliphatic hydroxyl groups is 1. The highest BCUT2D eigenvalue weighted by atomic mass is 19.1. The second kappa shape index (κ2) is 5.70. The van der Waals surface area contributed by atoms with Gasteiger partial charge in [-0.05, 0) is 42.4 Å². The van der Waals surface area contributed by atoms with Gasteiger partial charge in [0.25, 0.3) is 0 Å². The van der Waals surface area contributed by atoms with Gasteiger partial charge >= 0.3 is 0 Å². The van der Waals surface area contributed by atoms with Crippen LogP contribution in [0.1, 0.15) is 31.7 Å². The van der Waals surface area contributed by atoms with Crippen LogP contribution in [-0.4, -0.2) is 18.3 Å². The van der Waals surface area contributed by atoms with Crippen molar-refractivity contribution >= 4 is 0 Å². The summed E-state index contributed by atoms with van der Waals surface area (Å²) in [5.74, 6) is 0.822. The smallest absolute Gasteiger partial charge is 0.165 e. The summed E-state index contributed by atoms with van der Waals surface area (Å²) in [5.41, 5.74) is 0.833. The molecule has 100 valence electrons. The molecule has 3 heteroatoms. The van der Waals surface area contributed by atoms with Gasteiger partial charge in [0.1, 0.15) is 0 Å². The number of aliphatic hydroxyl groups excluding tert-OH is 1. The zero-order valence-electron chi connectivity index (χ0n) is 11.0. The molecule has 0 bridgehead atoms. The van der Waals surface area contributed by atoms with Crippen molar-refractivity contribution in [1.29, 1.82) is 0 Å². The topological polar surface area (TPSA) is 29.5 Å². The number of methoxy groups -OCH3 is 1. The molecule has 2 rings (SSSR count). The van der Waals surface area contributed by atoms with E-state index in [1.165, 1.54) is 26.0 Å². The van der Waals surface area contributed by atoms with Gasteiger partial charge in [-0.1, -0.05) is 25.8 Å². The molecule has 1 aliphatic carbocycles. The third-order valence-electron chi connectivity index (χ3n) is 4.08. The second-order valence-corrected chi connectivity index (χ2v) is 5.31. The van der Waals surface area contributed by atoms with Crippen LogP contribution in [0, 0.1) is 17.7 Å². The first-order valence-corrected chi connectivity index (χ1v) is 6.62.